The van der Waals surface area contributed by atoms with Crippen molar-refractivity contribution in [2.75, 3.05) is 6.54 Å². The lowest BCUT2D eigenvalue weighted by atomic mass is 10.1. The number of benzene rings is 2. The van der Waals surface area contributed by atoms with Gasteiger partial charge in [0.2, 0.25) is 0 Å². The number of carboxylic acids is 1. The van der Waals surface area contributed by atoms with Gasteiger partial charge in [0, 0.05) is 0 Å². The van der Waals surface area contributed by atoms with E-state index in [1.54, 1.807) is 30.3 Å². The van der Waals surface area contributed by atoms with Gasteiger partial charge in [-0.1, -0.05) is 66.4 Å². The number of carboxylic acid groups (broad SMARTS) is 1. The molecule has 0 spiro atoms. The molecule has 3 rings (SSSR count). The number of hydrogen-bond acceptors (Lipinski definition) is 6. The third-order valence-electron chi connectivity index (χ3n) is 3.82. The smallest absolute Gasteiger partial charge is 0.338 e. The van der Waals surface area contributed by atoms with Gasteiger partial charge >= 0.3 is 11.9 Å². The number of carbonyl (C=O) groups excluding carboxylic acids is 2. The largest absolute Gasteiger partial charge is 0.480 e. The first kappa shape index (κ1) is 19.8. The molecule has 1 fully saturated rings. The maximum atomic E-state index is 12.3. The van der Waals surface area contributed by atoms with Crippen LogP contribution in [0.25, 0.3) is 6.08 Å². The van der Waals surface area contributed by atoms with Gasteiger partial charge in [0.1, 0.15) is 17.5 Å². The highest BCUT2D eigenvalue weighted by molar-refractivity contribution is 8.26. The molecule has 28 heavy (non-hydrogen) atoms. The molecule has 0 bridgehead atoms. The van der Waals surface area contributed by atoms with Crippen molar-refractivity contribution in [3.8, 4) is 0 Å². The van der Waals surface area contributed by atoms with Crippen LogP contribution < -0.4 is 0 Å². The minimum Gasteiger partial charge on any atom is -0.480 e. The molecule has 1 heterocycles. The fraction of sp³-hybridized carbons (Fsp3) is 0.100. The number of thiocarbonyl (C=S) groups is 1. The van der Waals surface area contributed by atoms with Gasteiger partial charge in [-0.2, -0.15) is 0 Å². The van der Waals surface area contributed by atoms with E-state index < -0.39 is 24.4 Å². The van der Waals surface area contributed by atoms with Crippen LogP contribution in [0.5, 0.6) is 0 Å². The van der Waals surface area contributed by atoms with Crippen LogP contribution in [-0.2, 0) is 20.9 Å². The highest BCUT2D eigenvalue weighted by Gasteiger charge is 2.33. The quantitative estimate of drug-likeness (QED) is 0.442. The average Bonchev–Trinajstić information content (AvgIpc) is 2.94. The minimum absolute atomic E-state index is 0.188. The number of thioether (sulfide) groups is 1. The summed E-state index contributed by atoms with van der Waals surface area (Å²) in [6, 6.07) is 16.0. The zero-order valence-electron chi connectivity index (χ0n) is 14.5. The maximum absolute atomic E-state index is 12.3. The second-order valence-corrected chi connectivity index (χ2v) is 7.52. The van der Waals surface area contributed by atoms with Gasteiger partial charge in [-0.25, -0.2) is 4.79 Å². The number of ether oxygens (including phenoxy) is 1. The minimum atomic E-state index is -1.13. The van der Waals surface area contributed by atoms with Gasteiger partial charge in [0.25, 0.3) is 5.91 Å². The second kappa shape index (κ2) is 8.81. The lowest BCUT2D eigenvalue weighted by Crippen LogP contribution is -2.33. The Morgan fingerprint density at radius 2 is 1.79 bits per heavy atom. The lowest BCUT2D eigenvalue weighted by molar-refractivity contribution is -0.140. The predicted octanol–water partition coefficient (Wildman–Crippen LogP) is 3.33. The Morgan fingerprint density at radius 3 is 2.43 bits per heavy atom. The summed E-state index contributed by atoms with van der Waals surface area (Å²) in [5.74, 6) is -2.01. The van der Waals surface area contributed by atoms with E-state index in [2.05, 4.69) is 0 Å². The molecule has 0 aliphatic carbocycles. The molecule has 0 unspecified atom stereocenters. The fourth-order valence-electron chi connectivity index (χ4n) is 2.44. The van der Waals surface area contributed by atoms with Crippen molar-refractivity contribution in [1.29, 1.82) is 0 Å². The Kier molecular flexibility index (Phi) is 6.23. The van der Waals surface area contributed by atoms with E-state index in [0.717, 1.165) is 22.2 Å². The number of rotatable bonds is 6. The number of esters is 1. The molecule has 1 saturated heterocycles. The van der Waals surface area contributed by atoms with E-state index in [1.165, 1.54) is 0 Å². The standard InChI is InChI=1S/C20H15NO5S2/c22-17(23)11-21-18(24)16(28-20(21)27)10-13-6-8-15(9-7-13)19(25)26-12-14-4-2-1-3-5-14/h1-10H,11-12H2,(H,22,23)/b16-10+. The molecule has 2 aromatic rings. The average molecular weight is 413 g/mol. The van der Waals surface area contributed by atoms with Gasteiger partial charge in [-0.3, -0.25) is 14.5 Å². The molecular weight excluding hydrogens is 398 g/mol. The van der Waals surface area contributed by atoms with E-state index in [1.807, 2.05) is 30.3 Å². The summed E-state index contributed by atoms with van der Waals surface area (Å²) in [6.07, 6.45) is 1.61. The van der Waals surface area contributed by atoms with Crippen molar-refractivity contribution < 1.29 is 24.2 Å². The second-order valence-electron chi connectivity index (χ2n) is 5.85. The van der Waals surface area contributed by atoms with Crippen molar-refractivity contribution in [3.63, 3.8) is 0 Å². The van der Waals surface area contributed by atoms with Crippen LogP contribution in [0.2, 0.25) is 0 Å². The summed E-state index contributed by atoms with van der Waals surface area (Å²) in [5.41, 5.74) is 1.98. The molecule has 1 aliphatic rings. The molecular formula is C20H15NO5S2. The molecule has 0 aromatic heterocycles. The summed E-state index contributed by atoms with van der Waals surface area (Å²) in [6.45, 7) is -0.276. The Morgan fingerprint density at radius 1 is 1.11 bits per heavy atom. The third-order valence-corrected chi connectivity index (χ3v) is 5.20. The van der Waals surface area contributed by atoms with Crippen LogP contribution in [0.3, 0.4) is 0 Å². The monoisotopic (exact) mass is 413 g/mol. The van der Waals surface area contributed by atoms with Crippen LogP contribution in [0.15, 0.2) is 59.5 Å². The zero-order valence-corrected chi connectivity index (χ0v) is 16.2. The molecule has 8 heteroatoms. The summed E-state index contributed by atoms with van der Waals surface area (Å²) in [7, 11) is 0. The van der Waals surface area contributed by atoms with Gasteiger partial charge in [0.05, 0.1) is 10.5 Å². The van der Waals surface area contributed by atoms with Crippen molar-refractivity contribution in [1.82, 2.24) is 4.90 Å². The van der Waals surface area contributed by atoms with E-state index in [9.17, 15) is 14.4 Å². The van der Waals surface area contributed by atoms with E-state index in [4.69, 9.17) is 22.1 Å². The van der Waals surface area contributed by atoms with Crippen molar-refractivity contribution in [2.45, 2.75) is 6.61 Å². The lowest BCUT2D eigenvalue weighted by Gasteiger charge is -2.10. The highest BCUT2D eigenvalue weighted by Crippen LogP contribution is 2.32. The van der Waals surface area contributed by atoms with Crippen LogP contribution >= 0.6 is 24.0 Å². The maximum Gasteiger partial charge on any atom is 0.338 e. The first-order chi connectivity index (χ1) is 13.4. The zero-order chi connectivity index (χ0) is 20.1. The first-order valence-corrected chi connectivity index (χ1v) is 9.45. The Balaban J connectivity index is 1.65. The molecule has 1 amide bonds. The molecule has 1 aliphatic heterocycles. The normalized spacial score (nSPS) is 15.1. The number of carbonyl (C=O) groups is 3. The summed E-state index contributed by atoms with van der Waals surface area (Å²) >= 11 is 6.11. The Bertz CT molecular complexity index is 954. The molecule has 0 saturated carbocycles. The Labute approximate surface area is 170 Å². The van der Waals surface area contributed by atoms with Crippen molar-refractivity contribution in [3.05, 3.63) is 76.2 Å². The van der Waals surface area contributed by atoms with Gasteiger partial charge in [-0.05, 0) is 29.3 Å². The van der Waals surface area contributed by atoms with Gasteiger partial charge in [-0.15, -0.1) is 0 Å². The summed E-state index contributed by atoms with van der Waals surface area (Å²) in [5, 5.41) is 8.86. The third kappa shape index (κ3) is 4.85. The summed E-state index contributed by atoms with van der Waals surface area (Å²) < 4.78 is 5.49. The number of aliphatic carboxylic acids is 1. The van der Waals surface area contributed by atoms with Gasteiger partial charge < -0.3 is 9.84 Å². The molecule has 2 aromatic carbocycles. The van der Waals surface area contributed by atoms with Crippen LogP contribution in [0.4, 0.5) is 0 Å². The van der Waals surface area contributed by atoms with Gasteiger partial charge in [0.15, 0.2) is 0 Å². The molecule has 1 N–H and O–H groups in total. The summed E-state index contributed by atoms with van der Waals surface area (Å²) in [4.78, 5) is 36.6. The molecule has 6 nitrogen and oxygen atoms in total. The molecule has 142 valence electrons. The molecule has 0 radical (unpaired) electrons. The van der Waals surface area contributed by atoms with Crippen LogP contribution in [-0.4, -0.2) is 38.7 Å². The van der Waals surface area contributed by atoms with Crippen molar-refractivity contribution >= 4 is 52.2 Å². The molecule has 0 atom stereocenters. The highest BCUT2D eigenvalue weighted by atomic mass is 32.2. The number of nitrogens with zero attached hydrogens (tertiary/aromatic N) is 1. The van der Waals surface area contributed by atoms with Crippen molar-refractivity contribution in [2.24, 2.45) is 0 Å². The SMILES string of the molecule is O=C(O)CN1C(=O)/C(=C\c2ccc(C(=O)OCc3ccccc3)cc2)SC1=S. The number of amides is 1. The topological polar surface area (TPSA) is 83.9 Å². The van der Waals surface area contributed by atoms with E-state index in [-0.39, 0.29) is 10.9 Å². The Hall–Kier alpha value is -2.97. The number of hydrogen-bond donors (Lipinski definition) is 1. The van der Waals surface area contributed by atoms with E-state index >= 15 is 0 Å². The predicted molar refractivity (Wildman–Crippen MR) is 110 cm³/mol. The van der Waals surface area contributed by atoms with Crippen LogP contribution in [0.1, 0.15) is 21.5 Å². The van der Waals surface area contributed by atoms with Crippen LogP contribution in [0, 0.1) is 0 Å². The van der Waals surface area contributed by atoms with E-state index in [0.29, 0.717) is 16.0 Å². The first-order valence-electron chi connectivity index (χ1n) is 8.22. The fourth-order valence-corrected chi connectivity index (χ4v) is 3.70.